The summed E-state index contributed by atoms with van der Waals surface area (Å²) in [6, 6.07) is 8.72. The van der Waals surface area contributed by atoms with Gasteiger partial charge in [-0.25, -0.2) is 8.42 Å². The molecule has 2 aromatic carbocycles. The molecule has 3 rings (SSSR count). The number of hydrogen-bond acceptors (Lipinski definition) is 8. The molecule has 0 saturated carbocycles. The predicted molar refractivity (Wildman–Crippen MR) is 107 cm³/mol. The van der Waals surface area contributed by atoms with Crippen LogP contribution in [0.1, 0.15) is 5.56 Å². The average molecular weight is 438 g/mol. The molecular weight excluding hydrogens is 416 g/mol. The van der Waals surface area contributed by atoms with Crippen molar-refractivity contribution in [1.29, 1.82) is 0 Å². The van der Waals surface area contributed by atoms with E-state index in [1.807, 2.05) is 0 Å². The van der Waals surface area contributed by atoms with Crippen LogP contribution in [0.3, 0.4) is 0 Å². The zero-order valence-electron chi connectivity index (χ0n) is 16.6. The number of benzene rings is 2. The fourth-order valence-electron chi connectivity index (χ4n) is 3.01. The number of morpholine rings is 1. The molecule has 0 radical (unpaired) electrons. The number of sulfonamides is 1. The Hall–Kier alpha value is -2.89. The molecule has 1 aliphatic rings. The maximum absolute atomic E-state index is 12.8. The minimum absolute atomic E-state index is 0.0310. The summed E-state index contributed by atoms with van der Waals surface area (Å²) in [5, 5.41) is 11.6. The number of ether oxygens (including phenoxy) is 4. The molecule has 1 aliphatic heterocycles. The third-order valence-electron chi connectivity index (χ3n) is 4.61. The molecular formula is C19H22N2O8S. The van der Waals surface area contributed by atoms with Crippen LogP contribution in [-0.2, 0) is 21.4 Å². The van der Waals surface area contributed by atoms with Gasteiger partial charge in [0.05, 0.1) is 37.3 Å². The Morgan fingerprint density at radius 2 is 1.77 bits per heavy atom. The van der Waals surface area contributed by atoms with Gasteiger partial charge in [-0.15, -0.1) is 0 Å². The molecule has 0 N–H and O–H groups in total. The zero-order chi connectivity index (χ0) is 21.7. The molecule has 0 atom stereocenters. The number of nitro benzene ring substituents is 1. The van der Waals surface area contributed by atoms with Crippen molar-refractivity contribution in [2.45, 2.75) is 11.5 Å². The van der Waals surface area contributed by atoms with Gasteiger partial charge in [-0.3, -0.25) is 10.1 Å². The Morgan fingerprint density at radius 1 is 1.07 bits per heavy atom. The topological polar surface area (TPSA) is 117 Å². The summed E-state index contributed by atoms with van der Waals surface area (Å²) >= 11 is 0. The normalized spacial score (nSPS) is 14.9. The molecule has 0 spiro atoms. The standard InChI is InChI=1S/C19H22N2O8S/c1-26-15-3-5-18(27-2)14(11-15)13-29-19-6-4-16(12-17(19)21(22)23)30(24,25)20-7-9-28-10-8-20/h3-6,11-12H,7-10,13H2,1-2H3. The summed E-state index contributed by atoms with van der Waals surface area (Å²) < 4.78 is 48.1. The molecule has 10 nitrogen and oxygen atoms in total. The Morgan fingerprint density at radius 3 is 2.40 bits per heavy atom. The highest BCUT2D eigenvalue weighted by molar-refractivity contribution is 7.89. The van der Waals surface area contributed by atoms with E-state index in [1.54, 1.807) is 18.2 Å². The largest absolute Gasteiger partial charge is 0.497 e. The highest BCUT2D eigenvalue weighted by atomic mass is 32.2. The SMILES string of the molecule is COc1ccc(OC)c(COc2ccc(S(=O)(=O)N3CCOCC3)cc2[N+](=O)[O-])c1. The van der Waals surface area contributed by atoms with Gasteiger partial charge in [0.1, 0.15) is 18.1 Å². The molecule has 0 amide bonds. The second-order valence-electron chi connectivity index (χ2n) is 6.37. The van der Waals surface area contributed by atoms with Crippen LogP contribution >= 0.6 is 0 Å². The maximum atomic E-state index is 12.8. The first kappa shape index (κ1) is 21.8. The van der Waals surface area contributed by atoms with Gasteiger partial charge in [-0.05, 0) is 30.3 Å². The van der Waals surface area contributed by atoms with Crippen LogP contribution in [0.25, 0.3) is 0 Å². The van der Waals surface area contributed by atoms with Crippen molar-refractivity contribution in [1.82, 2.24) is 4.31 Å². The molecule has 0 aromatic heterocycles. The van der Waals surface area contributed by atoms with Crippen molar-refractivity contribution in [2.75, 3.05) is 40.5 Å². The lowest BCUT2D eigenvalue weighted by atomic mass is 10.2. The molecule has 0 aliphatic carbocycles. The summed E-state index contributed by atoms with van der Waals surface area (Å²) in [6.07, 6.45) is 0. The Labute approximate surface area is 174 Å². The molecule has 1 heterocycles. The number of nitro groups is 1. The lowest BCUT2D eigenvalue weighted by Gasteiger charge is -2.26. The van der Waals surface area contributed by atoms with Gasteiger partial charge in [0.25, 0.3) is 0 Å². The molecule has 0 unspecified atom stereocenters. The predicted octanol–water partition coefficient (Wildman–Crippen LogP) is 2.21. The Kier molecular flexibility index (Phi) is 6.75. The van der Waals surface area contributed by atoms with E-state index < -0.39 is 20.6 Å². The van der Waals surface area contributed by atoms with Crippen LogP contribution in [0.2, 0.25) is 0 Å². The van der Waals surface area contributed by atoms with Gasteiger partial charge in [-0.1, -0.05) is 0 Å². The Bertz CT molecular complexity index is 1020. The second-order valence-corrected chi connectivity index (χ2v) is 8.31. The van der Waals surface area contributed by atoms with E-state index in [0.29, 0.717) is 17.1 Å². The van der Waals surface area contributed by atoms with Gasteiger partial charge in [0, 0.05) is 24.7 Å². The lowest BCUT2D eigenvalue weighted by Crippen LogP contribution is -2.40. The van der Waals surface area contributed by atoms with E-state index in [0.717, 1.165) is 6.07 Å². The number of nitrogens with zero attached hydrogens (tertiary/aromatic N) is 2. The summed E-state index contributed by atoms with van der Waals surface area (Å²) in [5.74, 6) is 1.06. The summed E-state index contributed by atoms with van der Waals surface area (Å²) in [7, 11) is -0.847. The zero-order valence-corrected chi connectivity index (χ0v) is 17.4. The van der Waals surface area contributed by atoms with E-state index in [4.69, 9.17) is 18.9 Å². The summed E-state index contributed by atoms with van der Waals surface area (Å²) in [5.41, 5.74) is 0.183. The highest BCUT2D eigenvalue weighted by Gasteiger charge is 2.29. The fraction of sp³-hybridized carbons (Fsp3) is 0.368. The molecule has 0 bridgehead atoms. The molecule has 2 aromatic rings. The fourth-order valence-corrected chi connectivity index (χ4v) is 4.44. The molecule has 11 heteroatoms. The lowest BCUT2D eigenvalue weighted by molar-refractivity contribution is -0.386. The van der Waals surface area contributed by atoms with Gasteiger partial charge in [0.2, 0.25) is 10.0 Å². The third kappa shape index (κ3) is 4.64. The van der Waals surface area contributed by atoms with E-state index in [2.05, 4.69) is 0 Å². The third-order valence-corrected chi connectivity index (χ3v) is 6.50. The van der Waals surface area contributed by atoms with E-state index in [9.17, 15) is 18.5 Å². The van der Waals surface area contributed by atoms with Crippen molar-refractivity contribution in [2.24, 2.45) is 0 Å². The first-order chi connectivity index (χ1) is 14.4. The maximum Gasteiger partial charge on any atom is 0.312 e. The Balaban J connectivity index is 1.87. The second kappa shape index (κ2) is 9.28. The van der Waals surface area contributed by atoms with Crippen molar-refractivity contribution in [3.8, 4) is 17.2 Å². The number of rotatable bonds is 8. The monoisotopic (exact) mass is 438 g/mol. The molecule has 1 fully saturated rings. The van der Waals surface area contributed by atoms with Crippen LogP contribution in [0.15, 0.2) is 41.3 Å². The van der Waals surface area contributed by atoms with Gasteiger partial charge < -0.3 is 18.9 Å². The number of methoxy groups -OCH3 is 2. The van der Waals surface area contributed by atoms with Crippen LogP contribution in [0.4, 0.5) is 5.69 Å². The molecule has 162 valence electrons. The first-order valence-corrected chi connectivity index (χ1v) is 10.5. The molecule has 1 saturated heterocycles. The van der Waals surface area contributed by atoms with Gasteiger partial charge in [0.15, 0.2) is 5.75 Å². The first-order valence-electron chi connectivity index (χ1n) is 9.07. The average Bonchev–Trinajstić information content (AvgIpc) is 2.77. The minimum atomic E-state index is -3.86. The number of hydrogen-bond donors (Lipinski definition) is 0. The van der Waals surface area contributed by atoms with E-state index >= 15 is 0 Å². The van der Waals surface area contributed by atoms with Crippen molar-refractivity contribution < 1.29 is 32.3 Å². The van der Waals surface area contributed by atoms with Crippen molar-refractivity contribution in [3.63, 3.8) is 0 Å². The van der Waals surface area contributed by atoms with Crippen LogP contribution < -0.4 is 14.2 Å². The van der Waals surface area contributed by atoms with E-state index in [1.165, 1.54) is 30.7 Å². The summed E-state index contributed by atoms with van der Waals surface area (Å²) in [4.78, 5) is 10.7. The molecule has 30 heavy (non-hydrogen) atoms. The smallest absolute Gasteiger partial charge is 0.312 e. The van der Waals surface area contributed by atoms with Crippen LogP contribution in [-0.4, -0.2) is 58.2 Å². The van der Waals surface area contributed by atoms with Crippen LogP contribution in [0.5, 0.6) is 17.2 Å². The quantitative estimate of drug-likeness (QED) is 0.455. The van der Waals surface area contributed by atoms with Gasteiger partial charge >= 0.3 is 5.69 Å². The van der Waals surface area contributed by atoms with Crippen LogP contribution in [0, 0.1) is 10.1 Å². The highest BCUT2D eigenvalue weighted by Crippen LogP contribution is 2.33. The van der Waals surface area contributed by atoms with Gasteiger partial charge in [-0.2, -0.15) is 4.31 Å². The van der Waals surface area contributed by atoms with Crippen molar-refractivity contribution in [3.05, 3.63) is 52.1 Å². The summed E-state index contributed by atoms with van der Waals surface area (Å²) in [6.45, 7) is 0.931. The van der Waals surface area contributed by atoms with E-state index in [-0.39, 0.29) is 43.6 Å². The van der Waals surface area contributed by atoms with Crippen molar-refractivity contribution >= 4 is 15.7 Å². The minimum Gasteiger partial charge on any atom is -0.497 e.